The molecule has 2 atom stereocenters. The summed E-state index contributed by atoms with van der Waals surface area (Å²) in [5.41, 5.74) is 0.390. The molecule has 5 nitrogen and oxygen atoms in total. The van der Waals surface area contributed by atoms with Crippen molar-refractivity contribution in [2.75, 3.05) is 0 Å². The Hall–Kier alpha value is -1.34. The second-order valence-corrected chi connectivity index (χ2v) is 8.06. The Bertz CT molecular complexity index is 610. The number of carbonyl (C=O) groups is 2. The van der Waals surface area contributed by atoms with E-state index in [0.717, 1.165) is 34.3 Å². The molecule has 1 aromatic heterocycles. The van der Waals surface area contributed by atoms with Crippen LogP contribution in [0.25, 0.3) is 0 Å². The number of amides is 2. The Morgan fingerprint density at radius 3 is 2.73 bits per heavy atom. The average molecular weight is 385 g/mol. The van der Waals surface area contributed by atoms with Crippen LogP contribution >= 0.6 is 27.3 Å². The number of nitrogens with one attached hydrogen (secondary N) is 2. The number of halogens is 1. The van der Waals surface area contributed by atoms with Crippen LogP contribution in [0, 0.1) is 5.92 Å². The first-order valence-electron chi connectivity index (χ1n) is 7.26. The summed E-state index contributed by atoms with van der Waals surface area (Å²) in [7, 11) is 0. The number of hydrogen-bond acceptors (Lipinski definition) is 4. The predicted octanol–water partition coefficient (Wildman–Crippen LogP) is 3.48. The van der Waals surface area contributed by atoms with E-state index < -0.39 is 12.0 Å². The summed E-state index contributed by atoms with van der Waals surface area (Å²) in [5.74, 6) is -0.928. The fourth-order valence-corrected chi connectivity index (χ4v) is 4.45. The Morgan fingerprint density at radius 1 is 1.36 bits per heavy atom. The monoisotopic (exact) mass is 384 g/mol. The molecule has 118 valence electrons. The van der Waals surface area contributed by atoms with Crippen LogP contribution in [-0.2, 0) is 9.53 Å². The topological polar surface area (TPSA) is 67.4 Å². The summed E-state index contributed by atoms with van der Waals surface area (Å²) in [6, 6.07) is 3.01. The molecule has 2 aliphatic rings. The molecule has 2 heterocycles. The lowest BCUT2D eigenvalue weighted by molar-refractivity contribution is -0.153. The third-order valence-electron chi connectivity index (χ3n) is 4.01. The van der Waals surface area contributed by atoms with E-state index in [1.807, 2.05) is 12.1 Å². The SMILES string of the molecule is C=C1NC(=O)NC(c2ccc(Br)s2)C1C(=O)OC1CCCC1. The highest BCUT2D eigenvalue weighted by molar-refractivity contribution is 9.11. The number of ether oxygens (including phenoxy) is 1. The fraction of sp³-hybridized carbons (Fsp3) is 0.467. The molecule has 0 radical (unpaired) electrons. The van der Waals surface area contributed by atoms with Gasteiger partial charge in [-0.05, 0) is 53.7 Å². The van der Waals surface area contributed by atoms with Crippen LogP contribution in [0.3, 0.4) is 0 Å². The van der Waals surface area contributed by atoms with Gasteiger partial charge in [-0.2, -0.15) is 0 Å². The summed E-state index contributed by atoms with van der Waals surface area (Å²) in [6.45, 7) is 3.84. The van der Waals surface area contributed by atoms with Gasteiger partial charge in [0, 0.05) is 10.6 Å². The molecule has 7 heteroatoms. The minimum atomic E-state index is -0.608. The zero-order valence-corrected chi connectivity index (χ0v) is 14.3. The standard InChI is InChI=1S/C15H17BrN2O3S/c1-8-12(14(19)21-9-4-2-3-5-9)13(18-15(20)17-8)10-6-7-11(16)22-10/h6-7,9,12-13H,1-5H2,(H2,17,18,20). The Morgan fingerprint density at radius 2 is 2.09 bits per heavy atom. The summed E-state index contributed by atoms with van der Waals surface area (Å²) in [5, 5.41) is 5.40. The largest absolute Gasteiger partial charge is 0.462 e. The summed E-state index contributed by atoms with van der Waals surface area (Å²) >= 11 is 4.90. The van der Waals surface area contributed by atoms with Crippen molar-refractivity contribution >= 4 is 39.3 Å². The number of urea groups is 1. The van der Waals surface area contributed by atoms with E-state index in [0.29, 0.717) is 5.70 Å². The highest BCUT2D eigenvalue weighted by atomic mass is 79.9. The first-order chi connectivity index (χ1) is 10.5. The zero-order chi connectivity index (χ0) is 15.7. The summed E-state index contributed by atoms with van der Waals surface area (Å²) in [4.78, 5) is 25.2. The lowest BCUT2D eigenvalue weighted by atomic mass is 9.93. The molecule has 2 fully saturated rings. The van der Waals surface area contributed by atoms with E-state index in [1.165, 1.54) is 11.3 Å². The van der Waals surface area contributed by atoms with Gasteiger partial charge in [-0.3, -0.25) is 4.79 Å². The number of rotatable bonds is 3. The van der Waals surface area contributed by atoms with Gasteiger partial charge in [0.25, 0.3) is 0 Å². The molecule has 0 aromatic carbocycles. The molecule has 3 rings (SSSR count). The van der Waals surface area contributed by atoms with Crippen LogP contribution in [0.2, 0.25) is 0 Å². The minimum absolute atomic E-state index is 0.00588. The Kier molecular flexibility index (Phi) is 4.54. The molecule has 1 aliphatic carbocycles. The Labute approximate surface area is 141 Å². The van der Waals surface area contributed by atoms with Gasteiger partial charge >= 0.3 is 12.0 Å². The van der Waals surface area contributed by atoms with E-state index in [-0.39, 0.29) is 18.1 Å². The molecule has 1 aromatic rings. The van der Waals surface area contributed by atoms with Gasteiger partial charge in [0.15, 0.2) is 0 Å². The maximum absolute atomic E-state index is 12.6. The second kappa shape index (κ2) is 6.42. The zero-order valence-electron chi connectivity index (χ0n) is 11.9. The maximum atomic E-state index is 12.6. The van der Waals surface area contributed by atoms with E-state index in [9.17, 15) is 9.59 Å². The second-order valence-electron chi connectivity index (χ2n) is 5.56. The van der Waals surface area contributed by atoms with Gasteiger partial charge in [-0.15, -0.1) is 11.3 Å². The fourth-order valence-electron chi connectivity index (χ4n) is 2.94. The first-order valence-corrected chi connectivity index (χ1v) is 8.87. The highest BCUT2D eigenvalue weighted by Gasteiger charge is 2.40. The van der Waals surface area contributed by atoms with Gasteiger partial charge in [0.2, 0.25) is 0 Å². The normalized spacial score (nSPS) is 25.7. The number of hydrogen-bond donors (Lipinski definition) is 2. The van der Waals surface area contributed by atoms with Crippen LogP contribution in [-0.4, -0.2) is 18.1 Å². The van der Waals surface area contributed by atoms with Crippen molar-refractivity contribution in [1.29, 1.82) is 0 Å². The van der Waals surface area contributed by atoms with E-state index in [2.05, 4.69) is 33.1 Å². The minimum Gasteiger partial charge on any atom is -0.462 e. The molecule has 22 heavy (non-hydrogen) atoms. The first kappa shape index (κ1) is 15.6. The molecule has 2 N–H and O–H groups in total. The number of thiophene rings is 1. The molecule has 1 aliphatic heterocycles. The van der Waals surface area contributed by atoms with Crippen molar-refractivity contribution in [1.82, 2.24) is 10.6 Å². The van der Waals surface area contributed by atoms with Gasteiger partial charge in [-0.25, -0.2) is 4.79 Å². The summed E-state index contributed by atoms with van der Waals surface area (Å²) in [6.07, 6.45) is 4.02. The molecule has 2 amide bonds. The van der Waals surface area contributed by atoms with E-state index in [4.69, 9.17) is 4.74 Å². The molecular formula is C15H17BrN2O3S. The van der Waals surface area contributed by atoms with Crippen molar-refractivity contribution in [3.05, 3.63) is 33.1 Å². The van der Waals surface area contributed by atoms with Crippen molar-refractivity contribution in [2.24, 2.45) is 5.92 Å². The molecule has 1 saturated heterocycles. The molecule has 0 spiro atoms. The van der Waals surface area contributed by atoms with Crippen LogP contribution in [0.5, 0.6) is 0 Å². The molecule has 0 bridgehead atoms. The van der Waals surface area contributed by atoms with Gasteiger partial charge in [0.05, 0.1) is 9.83 Å². The van der Waals surface area contributed by atoms with Crippen LogP contribution in [0.15, 0.2) is 28.2 Å². The van der Waals surface area contributed by atoms with Crippen molar-refractivity contribution in [2.45, 2.75) is 37.8 Å². The summed E-state index contributed by atoms with van der Waals surface area (Å²) < 4.78 is 6.56. The van der Waals surface area contributed by atoms with Gasteiger partial charge < -0.3 is 15.4 Å². The van der Waals surface area contributed by atoms with Crippen LogP contribution < -0.4 is 10.6 Å². The van der Waals surface area contributed by atoms with E-state index in [1.54, 1.807) is 0 Å². The molecular weight excluding hydrogens is 368 g/mol. The van der Waals surface area contributed by atoms with Gasteiger partial charge in [0.1, 0.15) is 12.0 Å². The van der Waals surface area contributed by atoms with Crippen LogP contribution in [0.4, 0.5) is 4.79 Å². The molecule has 2 unspecified atom stereocenters. The lowest BCUT2D eigenvalue weighted by Crippen LogP contribution is -2.51. The van der Waals surface area contributed by atoms with Crippen molar-refractivity contribution in [3.63, 3.8) is 0 Å². The maximum Gasteiger partial charge on any atom is 0.319 e. The lowest BCUT2D eigenvalue weighted by Gasteiger charge is -2.33. The predicted molar refractivity (Wildman–Crippen MR) is 87.4 cm³/mol. The van der Waals surface area contributed by atoms with Crippen molar-refractivity contribution < 1.29 is 14.3 Å². The number of esters is 1. The smallest absolute Gasteiger partial charge is 0.319 e. The third kappa shape index (κ3) is 3.20. The average Bonchev–Trinajstić information content (AvgIpc) is 3.09. The molecule has 1 saturated carbocycles. The quantitative estimate of drug-likeness (QED) is 0.783. The van der Waals surface area contributed by atoms with E-state index >= 15 is 0 Å². The Balaban J connectivity index is 1.81. The van der Waals surface area contributed by atoms with Crippen molar-refractivity contribution in [3.8, 4) is 0 Å². The van der Waals surface area contributed by atoms with Crippen LogP contribution in [0.1, 0.15) is 36.6 Å². The number of carbonyl (C=O) groups excluding carboxylic acids is 2. The highest BCUT2D eigenvalue weighted by Crippen LogP contribution is 2.36. The van der Waals surface area contributed by atoms with Gasteiger partial charge in [-0.1, -0.05) is 6.58 Å². The third-order valence-corrected chi connectivity index (χ3v) is 5.72.